The van der Waals surface area contributed by atoms with Gasteiger partial charge in [-0.05, 0) is 17.7 Å². The lowest BCUT2D eigenvalue weighted by Gasteiger charge is -2.09. The summed E-state index contributed by atoms with van der Waals surface area (Å²) in [5.41, 5.74) is 2.77. The van der Waals surface area contributed by atoms with Crippen LogP contribution in [0.5, 0.6) is 5.75 Å². The fourth-order valence-corrected chi connectivity index (χ4v) is 2.14. The van der Waals surface area contributed by atoms with Gasteiger partial charge in [0.05, 0.1) is 6.20 Å². The van der Waals surface area contributed by atoms with E-state index in [-0.39, 0.29) is 0 Å². The molecule has 120 valence electrons. The largest absolute Gasteiger partial charge is 0.486 e. The standard InChI is InChI=1S/C20H18N2O2/c1-3-8-17(9-4-1)15-24-22-20(18-10-5-2-6-11-18)16-23-19-12-7-13-21-14-19/h1-14H,15-16H2. The average molecular weight is 318 g/mol. The van der Waals surface area contributed by atoms with E-state index in [4.69, 9.17) is 9.57 Å². The van der Waals surface area contributed by atoms with Gasteiger partial charge < -0.3 is 9.57 Å². The minimum absolute atomic E-state index is 0.310. The molecule has 0 aliphatic rings. The van der Waals surface area contributed by atoms with Gasteiger partial charge in [0.25, 0.3) is 0 Å². The number of nitrogens with zero attached hydrogens (tertiary/aromatic N) is 2. The van der Waals surface area contributed by atoms with E-state index in [1.54, 1.807) is 12.4 Å². The number of pyridine rings is 1. The molecule has 0 bridgehead atoms. The third kappa shape index (κ3) is 4.68. The number of rotatable bonds is 7. The van der Waals surface area contributed by atoms with Gasteiger partial charge >= 0.3 is 0 Å². The maximum absolute atomic E-state index is 5.75. The van der Waals surface area contributed by atoms with Crippen LogP contribution in [0.3, 0.4) is 0 Å². The summed E-state index contributed by atoms with van der Waals surface area (Å²) in [4.78, 5) is 9.56. The molecule has 0 aliphatic carbocycles. The fraction of sp³-hybridized carbons (Fsp3) is 0.100. The zero-order valence-corrected chi connectivity index (χ0v) is 13.2. The predicted octanol–water partition coefficient (Wildman–Crippen LogP) is 4.08. The first-order chi connectivity index (χ1) is 11.9. The number of aromatic nitrogens is 1. The predicted molar refractivity (Wildman–Crippen MR) is 93.9 cm³/mol. The Morgan fingerprint density at radius 2 is 1.62 bits per heavy atom. The van der Waals surface area contributed by atoms with Crippen LogP contribution in [0, 0.1) is 0 Å². The normalized spacial score (nSPS) is 11.1. The van der Waals surface area contributed by atoms with Crippen LogP contribution < -0.4 is 4.74 Å². The molecule has 0 saturated carbocycles. The first kappa shape index (κ1) is 15.7. The van der Waals surface area contributed by atoms with Crippen molar-refractivity contribution in [3.8, 4) is 5.75 Å². The lowest BCUT2D eigenvalue weighted by molar-refractivity contribution is 0.129. The number of hydrogen-bond donors (Lipinski definition) is 0. The smallest absolute Gasteiger partial charge is 0.142 e. The Morgan fingerprint density at radius 1 is 0.875 bits per heavy atom. The third-order valence-electron chi connectivity index (χ3n) is 3.37. The maximum atomic E-state index is 5.75. The van der Waals surface area contributed by atoms with Crippen LogP contribution in [0.15, 0.2) is 90.3 Å². The van der Waals surface area contributed by atoms with Crippen molar-refractivity contribution in [1.29, 1.82) is 0 Å². The second kappa shape index (κ2) is 8.48. The van der Waals surface area contributed by atoms with Gasteiger partial charge in [-0.15, -0.1) is 0 Å². The molecule has 1 heterocycles. The lowest BCUT2D eigenvalue weighted by atomic mass is 10.1. The Bertz CT molecular complexity index is 759. The summed E-state index contributed by atoms with van der Waals surface area (Å²) in [6, 6.07) is 23.5. The highest BCUT2D eigenvalue weighted by atomic mass is 16.6. The molecule has 0 unspecified atom stereocenters. The summed E-state index contributed by atoms with van der Waals surface area (Å²) in [5.74, 6) is 0.698. The number of hydrogen-bond acceptors (Lipinski definition) is 4. The van der Waals surface area contributed by atoms with Crippen molar-refractivity contribution in [1.82, 2.24) is 4.98 Å². The SMILES string of the molecule is c1ccc(CON=C(COc2cccnc2)c2ccccc2)cc1. The highest BCUT2D eigenvalue weighted by molar-refractivity contribution is 6.01. The summed E-state index contributed by atoms with van der Waals surface area (Å²) in [6.07, 6.45) is 3.38. The van der Waals surface area contributed by atoms with Crippen molar-refractivity contribution in [3.63, 3.8) is 0 Å². The molecule has 0 radical (unpaired) electrons. The van der Waals surface area contributed by atoms with Gasteiger partial charge in [-0.2, -0.15) is 0 Å². The molecule has 0 saturated heterocycles. The highest BCUT2D eigenvalue weighted by Gasteiger charge is 2.06. The van der Waals surface area contributed by atoms with Gasteiger partial charge in [-0.25, -0.2) is 0 Å². The van der Waals surface area contributed by atoms with Crippen molar-refractivity contribution >= 4 is 5.71 Å². The van der Waals surface area contributed by atoms with Crippen LogP contribution in [-0.4, -0.2) is 17.3 Å². The fourth-order valence-electron chi connectivity index (χ4n) is 2.14. The lowest BCUT2D eigenvalue weighted by Crippen LogP contribution is -2.13. The molecular weight excluding hydrogens is 300 g/mol. The first-order valence-corrected chi connectivity index (χ1v) is 7.73. The van der Waals surface area contributed by atoms with Crippen molar-refractivity contribution in [2.45, 2.75) is 6.61 Å². The van der Waals surface area contributed by atoms with Gasteiger partial charge in [-0.1, -0.05) is 65.8 Å². The molecule has 24 heavy (non-hydrogen) atoms. The van der Waals surface area contributed by atoms with Gasteiger partial charge in [0.2, 0.25) is 0 Å². The van der Waals surface area contributed by atoms with E-state index in [1.165, 1.54) is 0 Å². The molecule has 1 aromatic heterocycles. The highest BCUT2D eigenvalue weighted by Crippen LogP contribution is 2.09. The molecule has 3 rings (SSSR count). The number of ether oxygens (including phenoxy) is 1. The van der Waals surface area contributed by atoms with E-state index in [1.807, 2.05) is 72.8 Å². The zero-order chi connectivity index (χ0) is 16.5. The minimum Gasteiger partial charge on any atom is -0.486 e. The van der Waals surface area contributed by atoms with Crippen molar-refractivity contribution < 1.29 is 9.57 Å². The molecule has 0 N–H and O–H groups in total. The molecular formula is C20H18N2O2. The van der Waals surface area contributed by atoms with Crippen molar-refractivity contribution in [2.24, 2.45) is 5.16 Å². The van der Waals surface area contributed by atoms with Crippen molar-refractivity contribution in [2.75, 3.05) is 6.61 Å². The van der Waals surface area contributed by atoms with Gasteiger partial charge in [0.1, 0.15) is 24.7 Å². The van der Waals surface area contributed by atoms with Gasteiger partial charge in [0.15, 0.2) is 0 Å². The molecule has 4 nitrogen and oxygen atoms in total. The van der Waals surface area contributed by atoms with Gasteiger partial charge in [-0.3, -0.25) is 4.98 Å². The van der Waals surface area contributed by atoms with E-state index in [0.29, 0.717) is 19.0 Å². The second-order valence-electron chi connectivity index (χ2n) is 5.14. The van der Waals surface area contributed by atoms with E-state index in [9.17, 15) is 0 Å². The third-order valence-corrected chi connectivity index (χ3v) is 3.37. The molecule has 0 aliphatic heterocycles. The molecule has 0 fully saturated rings. The summed E-state index contributed by atoms with van der Waals surface area (Å²) in [7, 11) is 0. The van der Waals surface area contributed by atoms with Crippen molar-refractivity contribution in [3.05, 3.63) is 96.3 Å². The molecule has 0 spiro atoms. The minimum atomic E-state index is 0.310. The Morgan fingerprint density at radius 3 is 2.33 bits per heavy atom. The number of oxime groups is 1. The Hall–Kier alpha value is -3.14. The molecule has 4 heteroatoms. The van der Waals surface area contributed by atoms with Crippen LogP contribution in [0.1, 0.15) is 11.1 Å². The Labute approximate surface area is 141 Å². The molecule has 0 atom stereocenters. The Kier molecular flexibility index (Phi) is 5.56. The zero-order valence-electron chi connectivity index (χ0n) is 13.2. The van der Waals surface area contributed by atoms with E-state index in [0.717, 1.165) is 16.8 Å². The number of benzene rings is 2. The first-order valence-electron chi connectivity index (χ1n) is 7.73. The van der Waals surface area contributed by atoms with Crippen LogP contribution in [0.2, 0.25) is 0 Å². The topological polar surface area (TPSA) is 43.7 Å². The van der Waals surface area contributed by atoms with Crippen LogP contribution in [0.25, 0.3) is 0 Å². The molecule has 2 aromatic carbocycles. The second-order valence-corrected chi connectivity index (χ2v) is 5.14. The van der Waals surface area contributed by atoms with E-state index in [2.05, 4.69) is 10.1 Å². The Balaban J connectivity index is 1.68. The van der Waals surface area contributed by atoms with Crippen LogP contribution in [0.4, 0.5) is 0 Å². The summed E-state index contributed by atoms with van der Waals surface area (Å²) in [5, 5.41) is 4.28. The summed E-state index contributed by atoms with van der Waals surface area (Å²) < 4.78 is 5.75. The maximum Gasteiger partial charge on any atom is 0.142 e. The van der Waals surface area contributed by atoms with Crippen LogP contribution in [-0.2, 0) is 11.4 Å². The monoisotopic (exact) mass is 318 g/mol. The molecule has 0 amide bonds. The molecule has 3 aromatic rings. The summed E-state index contributed by atoms with van der Waals surface area (Å²) >= 11 is 0. The van der Waals surface area contributed by atoms with Gasteiger partial charge in [0, 0.05) is 11.8 Å². The summed E-state index contributed by atoms with van der Waals surface area (Å²) in [6.45, 7) is 0.731. The quantitative estimate of drug-likeness (QED) is 0.487. The van der Waals surface area contributed by atoms with Crippen LogP contribution >= 0.6 is 0 Å². The van der Waals surface area contributed by atoms with E-state index >= 15 is 0 Å². The van der Waals surface area contributed by atoms with E-state index < -0.39 is 0 Å². The average Bonchev–Trinajstić information content (AvgIpc) is 2.67.